The lowest BCUT2D eigenvalue weighted by atomic mass is 10.0. The molecule has 0 aliphatic heterocycles. The van der Waals surface area contributed by atoms with E-state index in [1.165, 1.54) is 10.8 Å². The number of para-hydroxylation sites is 3. The highest BCUT2D eigenvalue weighted by molar-refractivity contribution is 5.93. The molecule has 0 N–H and O–H groups in total. The summed E-state index contributed by atoms with van der Waals surface area (Å²) in [5.41, 5.74) is 8.06. The summed E-state index contributed by atoms with van der Waals surface area (Å²) in [6.45, 7) is 0. The maximum absolute atomic E-state index is 6.38. The van der Waals surface area contributed by atoms with Crippen molar-refractivity contribution >= 4 is 38.9 Å². The van der Waals surface area contributed by atoms with Crippen LogP contribution in [0.5, 0.6) is 0 Å². The van der Waals surface area contributed by atoms with Crippen molar-refractivity contribution in [1.29, 1.82) is 0 Å². The second-order valence-corrected chi connectivity index (χ2v) is 9.29. The Hall–Kier alpha value is -5.15. The van der Waals surface area contributed by atoms with Crippen LogP contribution in [0.1, 0.15) is 0 Å². The van der Waals surface area contributed by atoms with Gasteiger partial charge in [-0.25, -0.2) is 4.98 Å². The Morgan fingerprint density at radius 2 is 1.08 bits per heavy atom. The minimum atomic E-state index is 0.633. The topological polar surface area (TPSA) is 29.3 Å². The fourth-order valence-electron chi connectivity index (χ4n) is 5.01. The van der Waals surface area contributed by atoms with E-state index in [9.17, 15) is 0 Å². The average Bonchev–Trinajstić information content (AvgIpc) is 3.43. The lowest BCUT2D eigenvalue weighted by Crippen LogP contribution is -2.09. The summed E-state index contributed by atoms with van der Waals surface area (Å²) in [5, 5.41) is 2.37. The molecule has 180 valence electrons. The molecule has 3 nitrogen and oxygen atoms in total. The highest BCUT2D eigenvalue weighted by atomic mass is 16.3. The Morgan fingerprint density at radius 1 is 0.474 bits per heavy atom. The summed E-state index contributed by atoms with van der Waals surface area (Å²) in [6, 6.07) is 50.3. The van der Waals surface area contributed by atoms with E-state index in [0.717, 1.165) is 44.9 Å². The second kappa shape index (κ2) is 9.38. The number of aromatic nitrogens is 1. The van der Waals surface area contributed by atoms with Crippen LogP contribution in [0, 0.1) is 0 Å². The first-order valence-electron chi connectivity index (χ1n) is 12.7. The minimum Gasteiger partial charge on any atom is -0.435 e. The van der Waals surface area contributed by atoms with E-state index < -0.39 is 0 Å². The van der Waals surface area contributed by atoms with E-state index >= 15 is 0 Å². The monoisotopic (exact) mass is 488 g/mol. The van der Waals surface area contributed by atoms with Gasteiger partial charge in [-0.15, -0.1) is 0 Å². The Morgan fingerprint density at radius 3 is 1.79 bits per heavy atom. The summed E-state index contributed by atoms with van der Waals surface area (Å²) >= 11 is 0. The normalized spacial score (nSPS) is 11.2. The number of hydrogen-bond acceptors (Lipinski definition) is 3. The molecule has 7 aromatic rings. The molecular formula is C35H24N2O. The van der Waals surface area contributed by atoms with Crippen LogP contribution in [0.4, 0.5) is 17.1 Å². The summed E-state index contributed by atoms with van der Waals surface area (Å²) in [6.07, 6.45) is 0. The number of hydrogen-bond donors (Lipinski definition) is 0. The number of nitrogens with zero attached hydrogens (tertiary/aromatic N) is 2. The van der Waals surface area contributed by atoms with Crippen LogP contribution >= 0.6 is 0 Å². The van der Waals surface area contributed by atoms with Crippen LogP contribution in [0.3, 0.4) is 0 Å². The van der Waals surface area contributed by atoms with Gasteiger partial charge in [0, 0.05) is 28.2 Å². The molecule has 7 rings (SSSR count). The maximum atomic E-state index is 6.38. The van der Waals surface area contributed by atoms with Crippen LogP contribution in [-0.2, 0) is 0 Å². The quantitative estimate of drug-likeness (QED) is 0.241. The zero-order valence-electron chi connectivity index (χ0n) is 20.7. The van der Waals surface area contributed by atoms with Gasteiger partial charge >= 0.3 is 0 Å². The molecule has 0 spiro atoms. The highest BCUT2D eigenvalue weighted by Gasteiger charge is 2.15. The van der Waals surface area contributed by atoms with E-state index in [1.54, 1.807) is 0 Å². The Kier molecular flexibility index (Phi) is 5.45. The molecule has 1 aromatic heterocycles. The van der Waals surface area contributed by atoms with Crippen molar-refractivity contribution < 1.29 is 4.42 Å². The number of rotatable bonds is 5. The van der Waals surface area contributed by atoms with Crippen molar-refractivity contribution in [3.05, 3.63) is 146 Å². The molecule has 1 heterocycles. The van der Waals surface area contributed by atoms with Gasteiger partial charge < -0.3 is 9.32 Å². The van der Waals surface area contributed by atoms with Crippen LogP contribution in [0.25, 0.3) is 44.5 Å². The van der Waals surface area contributed by atoms with Gasteiger partial charge in [0.2, 0.25) is 5.89 Å². The Balaban J connectivity index is 1.28. The predicted molar refractivity (Wildman–Crippen MR) is 157 cm³/mol. The van der Waals surface area contributed by atoms with Crippen molar-refractivity contribution in [3.63, 3.8) is 0 Å². The molecular weight excluding hydrogens is 464 g/mol. The molecule has 0 saturated heterocycles. The number of anilines is 3. The summed E-state index contributed by atoms with van der Waals surface area (Å²) < 4.78 is 6.38. The van der Waals surface area contributed by atoms with E-state index in [2.05, 4.69) is 126 Å². The van der Waals surface area contributed by atoms with Crippen molar-refractivity contribution in [1.82, 2.24) is 4.98 Å². The molecule has 6 aromatic carbocycles. The zero-order chi connectivity index (χ0) is 25.3. The molecule has 0 saturated carbocycles. The lowest BCUT2D eigenvalue weighted by Gasteiger charge is -2.25. The molecule has 0 atom stereocenters. The van der Waals surface area contributed by atoms with Gasteiger partial charge in [-0.2, -0.15) is 0 Å². The highest BCUT2D eigenvalue weighted by Crippen LogP contribution is 2.37. The molecule has 0 unspecified atom stereocenters. The third kappa shape index (κ3) is 4.00. The molecule has 38 heavy (non-hydrogen) atoms. The van der Waals surface area contributed by atoms with Gasteiger partial charge in [0.15, 0.2) is 5.58 Å². The van der Waals surface area contributed by atoms with E-state index in [-0.39, 0.29) is 0 Å². The molecule has 0 aliphatic rings. The Labute approximate surface area is 221 Å². The first kappa shape index (κ1) is 22.1. The summed E-state index contributed by atoms with van der Waals surface area (Å²) in [5.74, 6) is 0.633. The molecule has 0 aliphatic carbocycles. The van der Waals surface area contributed by atoms with Crippen LogP contribution < -0.4 is 4.90 Å². The van der Waals surface area contributed by atoms with Gasteiger partial charge in [0.1, 0.15) is 5.52 Å². The SMILES string of the molecule is c1ccc(N(c2ccccc2)c2ccc(-c3cccc4nc(-c5ccc6ccccc6c5)oc34)cc2)cc1. The first-order chi connectivity index (χ1) is 18.8. The lowest BCUT2D eigenvalue weighted by molar-refractivity contribution is 0.621. The van der Waals surface area contributed by atoms with Gasteiger partial charge in [-0.05, 0) is 70.9 Å². The summed E-state index contributed by atoms with van der Waals surface area (Å²) in [7, 11) is 0. The molecule has 0 amide bonds. The standard InChI is InChI=1S/C35H24N2O/c1-3-12-29(13-4-1)37(30-14-5-2-6-15-30)31-22-20-26(21-23-31)32-16-9-17-33-34(32)38-35(36-33)28-19-18-25-10-7-8-11-27(25)24-28/h1-24H. The van der Waals surface area contributed by atoms with E-state index in [4.69, 9.17) is 9.40 Å². The maximum Gasteiger partial charge on any atom is 0.227 e. The van der Waals surface area contributed by atoms with E-state index in [0.29, 0.717) is 5.89 Å². The molecule has 0 fully saturated rings. The molecule has 0 radical (unpaired) electrons. The van der Waals surface area contributed by atoms with Crippen LogP contribution in [0.15, 0.2) is 150 Å². The van der Waals surface area contributed by atoms with Crippen molar-refractivity contribution in [2.75, 3.05) is 4.90 Å². The third-order valence-electron chi connectivity index (χ3n) is 6.88. The van der Waals surface area contributed by atoms with Crippen LogP contribution in [0.2, 0.25) is 0 Å². The van der Waals surface area contributed by atoms with Gasteiger partial charge in [-0.1, -0.05) is 91.0 Å². The Bertz CT molecular complexity index is 1820. The first-order valence-corrected chi connectivity index (χ1v) is 12.7. The van der Waals surface area contributed by atoms with Gasteiger partial charge in [-0.3, -0.25) is 0 Å². The second-order valence-electron chi connectivity index (χ2n) is 9.29. The van der Waals surface area contributed by atoms with Crippen molar-refractivity contribution in [2.24, 2.45) is 0 Å². The fourth-order valence-corrected chi connectivity index (χ4v) is 5.01. The van der Waals surface area contributed by atoms with Gasteiger partial charge in [0.25, 0.3) is 0 Å². The third-order valence-corrected chi connectivity index (χ3v) is 6.88. The summed E-state index contributed by atoms with van der Waals surface area (Å²) in [4.78, 5) is 7.09. The van der Waals surface area contributed by atoms with E-state index in [1.807, 2.05) is 24.3 Å². The number of benzene rings is 6. The predicted octanol–water partition coefficient (Wildman–Crippen LogP) is 9.78. The zero-order valence-corrected chi connectivity index (χ0v) is 20.7. The number of fused-ring (bicyclic) bond motifs is 2. The average molecular weight is 489 g/mol. The number of oxazole rings is 1. The smallest absolute Gasteiger partial charge is 0.227 e. The minimum absolute atomic E-state index is 0.633. The van der Waals surface area contributed by atoms with Gasteiger partial charge in [0.05, 0.1) is 0 Å². The fraction of sp³-hybridized carbons (Fsp3) is 0. The largest absolute Gasteiger partial charge is 0.435 e. The molecule has 0 bridgehead atoms. The van der Waals surface area contributed by atoms with Crippen molar-refractivity contribution in [3.8, 4) is 22.6 Å². The van der Waals surface area contributed by atoms with Crippen LogP contribution in [-0.4, -0.2) is 4.98 Å². The van der Waals surface area contributed by atoms with Crippen molar-refractivity contribution in [2.45, 2.75) is 0 Å². The molecule has 3 heteroatoms.